The average Bonchev–Trinajstić information content (AvgIpc) is 3.00. The van der Waals surface area contributed by atoms with Gasteiger partial charge in [0.2, 0.25) is 0 Å². The molecule has 0 radical (unpaired) electrons. The van der Waals surface area contributed by atoms with Gasteiger partial charge in [-0.15, -0.1) is 12.4 Å². The minimum atomic E-state index is -0.546. The number of benzene rings is 1. The molecular weight excluding hydrogens is 383 g/mol. The molecule has 1 aromatic carbocycles. The highest BCUT2D eigenvalue weighted by molar-refractivity contribution is 6.04. The first-order chi connectivity index (χ1) is 13.0. The second kappa shape index (κ2) is 8.12. The summed E-state index contributed by atoms with van der Waals surface area (Å²) in [6.07, 6.45) is 5.05. The predicted molar refractivity (Wildman–Crippen MR) is 109 cm³/mol. The van der Waals surface area contributed by atoms with Crippen LogP contribution in [0.15, 0.2) is 36.8 Å². The van der Waals surface area contributed by atoms with Crippen molar-refractivity contribution in [3.05, 3.63) is 53.9 Å². The summed E-state index contributed by atoms with van der Waals surface area (Å²) >= 11 is 0. The number of halogens is 2. The van der Waals surface area contributed by atoms with Crippen LogP contribution in [0.5, 0.6) is 0 Å². The third-order valence-corrected chi connectivity index (χ3v) is 4.63. The molecule has 9 heteroatoms. The van der Waals surface area contributed by atoms with E-state index in [0.717, 1.165) is 31.0 Å². The smallest absolute Gasteiger partial charge is 0.259 e. The van der Waals surface area contributed by atoms with Crippen LogP contribution in [0.2, 0.25) is 0 Å². The molecule has 148 valence electrons. The molecule has 1 fully saturated rings. The molecule has 3 aromatic rings. The molecule has 1 amide bonds. The van der Waals surface area contributed by atoms with Crippen LogP contribution in [0.4, 0.5) is 15.9 Å². The van der Waals surface area contributed by atoms with Crippen molar-refractivity contribution in [2.75, 3.05) is 29.9 Å². The molecule has 2 aromatic heterocycles. The van der Waals surface area contributed by atoms with E-state index in [9.17, 15) is 9.18 Å². The third kappa shape index (κ3) is 4.07. The zero-order valence-electron chi connectivity index (χ0n) is 15.6. The Morgan fingerprint density at radius 2 is 2.18 bits per heavy atom. The Balaban J connectivity index is 0.00000225. The normalized spacial score (nSPS) is 16.7. The Morgan fingerprint density at radius 3 is 2.93 bits per heavy atom. The molecule has 1 aliphatic heterocycles. The molecule has 3 heterocycles. The number of carbonyl (C=O) groups is 1. The molecule has 0 saturated carbocycles. The van der Waals surface area contributed by atoms with Crippen molar-refractivity contribution in [3.63, 3.8) is 0 Å². The van der Waals surface area contributed by atoms with Gasteiger partial charge in [-0.05, 0) is 32.0 Å². The number of fused-ring (bicyclic) bond motifs is 1. The lowest BCUT2D eigenvalue weighted by Gasteiger charge is -2.33. The fourth-order valence-corrected chi connectivity index (χ4v) is 3.33. The first-order valence-electron chi connectivity index (χ1n) is 8.90. The van der Waals surface area contributed by atoms with Gasteiger partial charge in [0.05, 0.1) is 23.7 Å². The maximum Gasteiger partial charge on any atom is 0.259 e. The largest absolute Gasteiger partial charge is 0.369 e. The fourth-order valence-electron chi connectivity index (χ4n) is 3.33. The van der Waals surface area contributed by atoms with E-state index in [2.05, 4.69) is 32.4 Å². The standard InChI is InChI=1S/C19H21FN6O.ClH/c1-12-9-25(6-5-21-12)14-3-4-15(16(20)7-14)19(27)24-17-11-26-10-13(2)23-18(26)8-22-17;/h3-4,7-8,10-12,21H,5-6,9H2,1-2H3,(H,24,27);1H/t12-;/m1./s1. The lowest BCUT2D eigenvalue weighted by atomic mass is 10.1. The monoisotopic (exact) mass is 404 g/mol. The minimum Gasteiger partial charge on any atom is -0.369 e. The highest BCUT2D eigenvalue weighted by Gasteiger charge is 2.19. The molecule has 0 bridgehead atoms. The molecule has 0 unspecified atom stereocenters. The van der Waals surface area contributed by atoms with Crippen molar-refractivity contribution in [2.24, 2.45) is 0 Å². The van der Waals surface area contributed by atoms with E-state index in [1.54, 1.807) is 22.9 Å². The van der Waals surface area contributed by atoms with Gasteiger partial charge in [-0.2, -0.15) is 0 Å². The summed E-state index contributed by atoms with van der Waals surface area (Å²) in [5.74, 6) is -0.739. The highest BCUT2D eigenvalue weighted by atomic mass is 35.5. The maximum atomic E-state index is 14.6. The van der Waals surface area contributed by atoms with Crippen LogP contribution in [0.25, 0.3) is 5.65 Å². The van der Waals surface area contributed by atoms with Crippen molar-refractivity contribution < 1.29 is 9.18 Å². The molecule has 2 N–H and O–H groups in total. The number of hydrogen-bond acceptors (Lipinski definition) is 5. The number of aryl methyl sites for hydroxylation is 1. The topological polar surface area (TPSA) is 74.6 Å². The zero-order chi connectivity index (χ0) is 19.0. The van der Waals surface area contributed by atoms with Crippen molar-refractivity contribution in [1.29, 1.82) is 0 Å². The SMILES string of the molecule is Cc1cn2cc(NC(=O)c3ccc(N4CCN[C@H](C)C4)cc3F)ncc2n1.Cl. The summed E-state index contributed by atoms with van der Waals surface area (Å²) < 4.78 is 16.3. The number of rotatable bonds is 3. The van der Waals surface area contributed by atoms with E-state index in [1.807, 2.05) is 13.1 Å². The summed E-state index contributed by atoms with van der Waals surface area (Å²) in [4.78, 5) is 23.0. The van der Waals surface area contributed by atoms with Crippen LogP contribution in [0, 0.1) is 12.7 Å². The number of anilines is 2. The van der Waals surface area contributed by atoms with Crippen molar-refractivity contribution in [2.45, 2.75) is 19.9 Å². The number of amides is 1. The minimum absolute atomic E-state index is 0. The first-order valence-corrected chi connectivity index (χ1v) is 8.90. The predicted octanol–water partition coefficient (Wildman–Crippen LogP) is 2.65. The van der Waals surface area contributed by atoms with Gasteiger partial charge >= 0.3 is 0 Å². The maximum absolute atomic E-state index is 14.6. The second-order valence-corrected chi connectivity index (χ2v) is 6.84. The molecule has 1 aliphatic rings. The van der Waals surface area contributed by atoms with Crippen LogP contribution in [-0.2, 0) is 0 Å². The summed E-state index contributed by atoms with van der Waals surface area (Å²) in [6.45, 7) is 6.44. The van der Waals surface area contributed by atoms with E-state index in [0.29, 0.717) is 17.5 Å². The van der Waals surface area contributed by atoms with Gasteiger partial charge < -0.3 is 19.9 Å². The highest BCUT2D eigenvalue weighted by Crippen LogP contribution is 2.21. The van der Waals surface area contributed by atoms with E-state index in [-0.39, 0.29) is 18.0 Å². The quantitative estimate of drug-likeness (QED) is 0.702. The second-order valence-electron chi connectivity index (χ2n) is 6.84. The van der Waals surface area contributed by atoms with Crippen molar-refractivity contribution in [1.82, 2.24) is 19.7 Å². The lowest BCUT2D eigenvalue weighted by molar-refractivity contribution is 0.102. The van der Waals surface area contributed by atoms with Gasteiger partial charge in [0.25, 0.3) is 5.91 Å². The number of imidazole rings is 1. The Labute approximate surface area is 168 Å². The van der Waals surface area contributed by atoms with Gasteiger partial charge in [-0.25, -0.2) is 14.4 Å². The van der Waals surface area contributed by atoms with Gasteiger partial charge in [0, 0.05) is 37.6 Å². The Hall–Kier alpha value is -2.71. The van der Waals surface area contributed by atoms with Crippen LogP contribution in [0.1, 0.15) is 23.0 Å². The number of carbonyl (C=O) groups excluding carboxylic acids is 1. The molecule has 0 spiro atoms. The summed E-state index contributed by atoms with van der Waals surface area (Å²) in [7, 11) is 0. The van der Waals surface area contributed by atoms with E-state index < -0.39 is 11.7 Å². The molecule has 1 saturated heterocycles. The summed E-state index contributed by atoms with van der Waals surface area (Å²) in [5, 5.41) is 6.00. The summed E-state index contributed by atoms with van der Waals surface area (Å²) in [6, 6.07) is 5.07. The third-order valence-electron chi connectivity index (χ3n) is 4.63. The number of nitrogens with one attached hydrogen (secondary N) is 2. The average molecular weight is 405 g/mol. The Kier molecular flexibility index (Phi) is 5.81. The van der Waals surface area contributed by atoms with E-state index in [1.165, 1.54) is 12.1 Å². The lowest BCUT2D eigenvalue weighted by Crippen LogP contribution is -2.49. The number of nitrogens with zero attached hydrogens (tertiary/aromatic N) is 4. The van der Waals surface area contributed by atoms with Gasteiger partial charge in [0.15, 0.2) is 5.65 Å². The molecule has 7 nitrogen and oxygen atoms in total. The molecular formula is C19H22ClFN6O. The Bertz CT molecular complexity index is 1010. The number of hydrogen-bond donors (Lipinski definition) is 2. The molecule has 28 heavy (non-hydrogen) atoms. The number of piperazine rings is 1. The van der Waals surface area contributed by atoms with E-state index in [4.69, 9.17) is 0 Å². The molecule has 4 rings (SSSR count). The zero-order valence-corrected chi connectivity index (χ0v) is 16.5. The molecule has 1 atom stereocenters. The van der Waals surface area contributed by atoms with Gasteiger partial charge in [-0.3, -0.25) is 4.79 Å². The van der Waals surface area contributed by atoms with Crippen LogP contribution in [-0.4, -0.2) is 46.0 Å². The summed E-state index contributed by atoms with van der Waals surface area (Å²) in [5.41, 5.74) is 2.31. The van der Waals surface area contributed by atoms with Crippen LogP contribution >= 0.6 is 12.4 Å². The van der Waals surface area contributed by atoms with E-state index >= 15 is 0 Å². The fraction of sp³-hybridized carbons (Fsp3) is 0.316. The van der Waals surface area contributed by atoms with Crippen molar-refractivity contribution >= 4 is 35.5 Å². The van der Waals surface area contributed by atoms with Crippen LogP contribution < -0.4 is 15.5 Å². The van der Waals surface area contributed by atoms with Gasteiger partial charge in [0.1, 0.15) is 11.6 Å². The van der Waals surface area contributed by atoms with Gasteiger partial charge in [-0.1, -0.05) is 0 Å². The molecule has 0 aliphatic carbocycles. The Morgan fingerprint density at radius 1 is 1.36 bits per heavy atom. The first kappa shape index (κ1) is 20.0. The number of aromatic nitrogens is 3. The van der Waals surface area contributed by atoms with Crippen molar-refractivity contribution in [3.8, 4) is 0 Å². The van der Waals surface area contributed by atoms with Crippen LogP contribution in [0.3, 0.4) is 0 Å².